The summed E-state index contributed by atoms with van der Waals surface area (Å²) < 4.78 is 0. The van der Waals surface area contributed by atoms with Crippen LogP contribution in [-0.2, 0) is 0 Å². The molecule has 1 amide bonds. The van der Waals surface area contributed by atoms with Crippen molar-refractivity contribution in [2.45, 2.75) is 0 Å². The van der Waals surface area contributed by atoms with Gasteiger partial charge in [-0.1, -0.05) is 6.07 Å². The first-order chi connectivity index (χ1) is 5.70. The zero-order valence-electron chi connectivity index (χ0n) is 6.52. The third kappa shape index (κ3) is 3.53. The van der Waals surface area contributed by atoms with Crippen molar-refractivity contribution in [3.63, 3.8) is 0 Å². The first-order valence-electron chi connectivity index (χ1n) is 3.20. The Labute approximate surface area is 80.7 Å². The number of carbonyl (C=O) groups is 1. The summed E-state index contributed by atoms with van der Waals surface area (Å²) in [5.74, 6) is -0.219. The van der Waals surface area contributed by atoms with E-state index >= 15 is 0 Å². The summed E-state index contributed by atoms with van der Waals surface area (Å²) in [4.78, 5) is 13.9. The van der Waals surface area contributed by atoms with Gasteiger partial charge in [0.15, 0.2) is 5.84 Å². The van der Waals surface area contributed by atoms with Gasteiger partial charge in [-0.25, -0.2) is 4.79 Å². The van der Waals surface area contributed by atoms with Gasteiger partial charge in [0.1, 0.15) is 5.69 Å². The number of carboxylic acid groups (broad SMARTS) is 1. The molecule has 0 saturated heterocycles. The lowest BCUT2D eigenvalue weighted by Crippen LogP contribution is -2.29. The molecule has 0 fully saturated rings. The van der Waals surface area contributed by atoms with Crippen LogP contribution >= 0.6 is 12.4 Å². The van der Waals surface area contributed by atoms with Gasteiger partial charge in [0.2, 0.25) is 0 Å². The molecule has 0 aliphatic rings. The SMILES string of the molecule is Cl.N=C(NC(=O)O)c1ccccn1. The Balaban J connectivity index is 0.00000144. The van der Waals surface area contributed by atoms with Crippen LogP contribution in [0.4, 0.5) is 4.79 Å². The molecule has 0 spiro atoms. The highest BCUT2D eigenvalue weighted by molar-refractivity contribution is 6.02. The number of pyridine rings is 1. The Morgan fingerprint density at radius 3 is 2.69 bits per heavy atom. The van der Waals surface area contributed by atoms with Gasteiger partial charge in [-0.2, -0.15) is 0 Å². The lowest BCUT2D eigenvalue weighted by molar-refractivity contribution is 0.200. The van der Waals surface area contributed by atoms with Crippen molar-refractivity contribution >= 4 is 24.3 Å². The molecule has 3 N–H and O–H groups in total. The van der Waals surface area contributed by atoms with Gasteiger partial charge >= 0.3 is 6.09 Å². The predicted octanol–water partition coefficient (Wildman–Crippen LogP) is 1.10. The summed E-state index contributed by atoms with van der Waals surface area (Å²) in [5, 5.41) is 17.4. The normalized spacial score (nSPS) is 8.31. The maximum absolute atomic E-state index is 10.1. The molecule has 13 heavy (non-hydrogen) atoms. The summed E-state index contributed by atoms with van der Waals surface area (Å²) >= 11 is 0. The molecule has 70 valence electrons. The van der Waals surface area contributed by atoms with E-state index in [-0.39, 0.29) is 18.2 Å². The van der Waals surface area contributed by atoms with Crippen LogP contribution < -0.4 is 5.32 Å². The highest BCUT2D eigenvalue weighted by Gasteiger charge is 2.03. The second-order valence-electron chi connectivity index (χ2n) is 2.02. The molecule has 1 aromatic rings. The van der Waals surface area contributed by atoms with Gasteiger partial charge in [-0.3, -0.25) is 15.7 Å². The van der Waals surface area contributed by atoms with E-state index in [0.717, 1.165) is 0 Å². The van der Waals surface area contributed by atoms with E-state index in [4.69, 9.17) is 10.5 Å². The van der Waals surface area contributed by atoms with E-state index in [1.54, 1.807) is 18.2 Å². The average Bonchev–Trinajstić information content (AvgIpc) is 2.05. The molecule has 0 unspecified atom stereocenters. The quantitative estimate of drug-likeness (QED) is 0.470. The fourth-order valence-electron chi connectivity index (χ4n) is 0.682. The predicted molar refractivity (Wildman–Crippen MR) is 49.5 cm³/mol. The number of rotatable bonds is 1. The third-order valence-electron chi connectivity index (χ3n) is 1.15. The molecule has 5 nitrogen and oxygen atoms in total. The fraction of sp³-hybridized carbons (Fsp3) is 0. The summed E-state index contributed by atoms with van der Waals surface area (Å²) in [7, 11) is 0. The first kappa shape index (κ1) is 11.4. The van der Waals surface area contributed by atoms with Gasteiger partial charge < -0.3 is 5.11 Å². The molecule has 0 atom stereocenters. The molecule has 0 aliphatic heterocycles. The van der Waals surface area contributed by atoms with Gasteiger partial charge in [0, 0.05) is 6.20 Å². The number of hydrogen-bond acceptors (Lipinski definition) is 3. The minimum atomic E-state index is -1.26. The molecule has 0 saturated carbocycles. The topological polar surface area (TPSA) is 86.1 Å². The Morgan fingerprint density at radius 2 is 2.23 bits per heavy atom. The highest BCUT2D eigenvalue weighted by Crippen LogP contribution is 1.91. The van der Waals surface area contributed by atoms with Crippen molar-refractivity contribution in [1.82, 2.24) is 10.3 Å². The van der Waals surface area contributed by atoms with Crippen molar-refractivity contribution in [2.24, 2.45) is 0 Å². The molecule has 0 aromatic carbocycles. The summed E-state index contributed by atoms with van der Waals surface area (Å²) in [6.45, 7) is 0. The summed E-state index contributed by atoms with van der Waals surface area (Å²) in [5.41, 5.74) is 0.305. The van der Waals surface area contributed by atoms with E-state index in [2.05, 4.69) is 4.98 Å². The Hall–Kier alpha value is -1.62. The van der Waals surface area contributed by atoms with Crippen LogP contribution in [0, 0.1) is 5.41 Å². The van der Waals surface area contributed by atoms with E-state index in [9.17, 15) is 4.79 Å². The van der Waals surface area contributed by atoms with Gasteiger partial charge in [0.05, 0.1) is 0 Å². The second-order valence-corrected chi connectivity index (χ2v) is 2.02. The van der Waals surface area contributed by atoms with E-state index in [1.807, 2.05) is 5.32 Å². The highest BCUT2D eigenvalue weighted by atomic mass is 35.5. The lowest BCUT2D eigenvalue weighted by atomic mass is 10.3. The van der Waals surface area contributed by atoms with Gasteiger partial charge in [0.25, 0.3) is 0 Å². The maximum Gasteiger partial charge on any atom is 0.410 e. The van der Waals surface area contributed by atoms with Crippen molar-refractivity contribution in [3.8, 4) is 0 Å². The second kappa shape index (κ2) is 5.10. The number of amides is 1. The monoisotopic (exact) mass is 201 g/mol. The maximum atomic E-state index is 10.1. The molecule has 1 rings (SSSR count). The largest absolute Gasteiger partial charge is 0.465 e. The van der Waals surface area contributed by atoms with Crippen LogP contribution in [0.15, 0.2) is 24.4 Å². The number of nitrogens with one attached hydrogen (secondary N) is 2. The first-order valence-corrected chi connectivity index (χ1v) is 3.20. The smallest absolute Gasteiger partial charge is 0.410 e. The van der Waals surface area contributed by atoms with Crippen molar-refractivity contribution in [2.75, 3.05) is 0 Å². The van der Waals surface area contributed by atoms with E-state index in [0.29, 0.717) is 5.69 Å². The number of halogens is 1. The van der Waals surface area contributed by atoms with Crippen LogP contribution in [0.25, 0.3) is 0 Å². The molecular formula is C7H8ClN3O2. The average molecular weight is 202 g/mol. The van der Waals surface area contributed by atoms with E-state index < -0.39 is 6.09 Å². The van der Waals surface area contributed by atoms with Gasteiger partial charge in [-0.15, -0.1) is 12.4 Å². The molecule has 1 aromatic heterocycles. The van der Waals surface area contributed by atoms with E-state index in [1.165, 1.54) is 6.20 Å². The minimum Gasteiger partial charge on any atom is -0.465 e. The number of hydrogen-bond donors (Lipinski definition) is 3. The molecule has 0 bridgehead atoms. The summed E-state index contributed by atoms with van der Waals surface area (Å²) in [6.07, 6.45) is 0.235. The van der Waals surface area contributed by atoms with Crippen molar-refractivity contribution < 1.29 is 9.90 Å². The number of nitrogens with zero attached hydrogens (tertiary/aromatic N) is 1. The van der Waals surface area contributed by atoms with Crippen LogP contribution in [-0.4, -0.2) is 22.0 Å². The zero-order chi connectivity index (χ0) is 8.97. The fourth-order valence-corrected chi connectivity index (χ4v) is 0.682. The third-order valence-corrected chi connectivity index (χ3v) is 1.15. The number of amidine groups is 1. The van der Waals surface area contributed by atoms with Gasteiger partial charge in [-0.05, 0) is 12.1 Å². The zero-order valence-corrected chi connectivity index (χ0v) is 7.34. The van der Waals surface area contributed by atoms with Crippen molar-refractivity contribution in [1.29, 1.82) is 5.41 Å². The molecule has 1 heterocycles. The molecule has 0 aliphatic carbocycles. The van der Waals surface area contributed by atoms with Crippen LogP contribution in [0.2, 0.25) is 0 Å². The standard InChI is InChI=1S/C7H7N3O2.ClH/c8-6(10-7(11)12)5-3-1-2-4-9-5;/h1-4H,(H2,8,10)(H,11,12);1H. The Morgan fingerprint density at radius 1 is 1.54 bits per heavy atom. The summed E-state index contributed by atoms with van der Waals surface area (Å²) in [6, 6.07) is 4.93. The Kier molecular flexibility index (Phi) is 4.47. The van der Waals surface area contributed by atoms with Crippen LogP contribution in [0.3, 0.4) is 0 Å². The Bertz CT molecular complexity index is 302. The van der Waals surface area contributed by atoms with Crippen molar-refractivity contribution in [3.05, 3.63) is 30.1 Å². The minimum absolute atomic E-state index is 0. The molecule has 0 radical (unpaired) electrons. The van der Waals surface area contributed by atoms with Crippen LogP contribution in [0.1, 0.15) is 5.69 Å². The van der Waals surface area contributed by atoms with Crippen LogP contribution in [0.5, 0.6) is 0 Å². The molecule has 6 heteroatoms. The molecular weight excluding hydrogens is 194 g/mol. The number of aromatic nitrogens is 1. The lowest BCUT2D eigenvalue weighted by Gasteiger charge is -2.00.